The Morgan fingerprint density at radius 3 is 2.69 bits per heavy atom. The van der Waals surface area contributed by atoms with E-state index in [1.807, 2.05) is 0 Å². The number of carbonyl (C=O) groups excluding carboxylic acids is 4. The maximum Gasteiger partial charge on any atom is 0.352 e. The van der Waals surface area contributed by atoms with E-state index in [1.165, 1.54) is 47.5 Å². The van der Waals surface area contributed by atoms with Gasteiger partial charge in [-0.3, -0.25) is 29.4 Å². The minimum Gasteiger partial charge on any atom is -0.477 e. The number of hydrogen-bond acceptors (Lipinski definition) is 13. The Bertz CT molecular complexity index is 1520. The lowest BCUT2D eigenvalue weighted by atomic mass is 10.0. The molecule has 4 rings (SSSR count). The van der Waals surface area contributed by atoms with Crippen LogP contribution in [0.15, 0.2) is 58.7 Å². The fourth-order valence-corrected chi connectivity index (χ4v) is 5.78. The number of aromatic nitrogens is 1. The Hall–Kier alpha value is -5.10. The van der Waals surface area contributed by atoms with Crippen LogP contribution in [0.25, 0.3) is 0 Å². The van der Waals surface area contributed by atoms with Gasteiger partial charge in [-0.1, -0.05) is 17.8 Å². The largest absolute Gasteiger partial charge is 0.477 e. The Morgan fingerprint density at radius 1 is 1.31 bits per heavy atom. The van der Waals surface area contributed by atoms with Gasteiger partial charge < -0.3 is 25.3 Å². The summed E-state index contributed by atoms with van der Waals surface area (Å²) in [4.78, 5) is 81.0. The van der Waals surface area contributed by atoms with Gasteiger partial charge in [0.15, 0.2) is 10.8 Å². The van der Waals surface area contributed by atoms with Gasteiger partial charge in [-0.05, 0) is 23.3 Å². The number of nitro benzene ring substituents is 1. The highest BCUT2D eigenvalue weighted by molar-refractivity contribution is 8.00. The van der Waals surface area contributed by atoms with E-state index in [2.05, 4.69) is 27.4 Å². The topological polar surface area (TPSA) is 220 Å². The minimum absolute atomic E-state index is 0.0407. The molecule has 0 aliphatic carbocycles. The molecule has 42 heavy (non-hydrogen) atoms. The lowest BCUT2D eigenvalue weighted by molar-refractivity contribution is -0.384. The molecular weight excluding hydrogens is 596 g/mol. The van der Waals surface area contributed by atoms with Crippen LogP contribution in [0.2, 0.25) is 0 Å². The number of carboxylic acid groups (broad SMARTS) is 1. The highest BCUT2D eigenvalue weighted by Crippen LogP contribution is 2.40. The summed E-state index contributed by atoms with van der Waals surface area (Å²) in [6.45, 7) is 2.65. The van der Waals surface area contributed by atoms with Crippen LogP contribution in [-0.2, 0) is 40.2 Å². The number of non-ortho nitro benzene ring substituents is 1. The number of nitro groups is 1. The summed E-state index contributed by atoms with van der Waals surface area (Å²) in [6, 6.07) is 4.25. The summed E-state index contributed by atoms with van der Waals surface area (Å²) < 4.78 is 5.05. The number of ether oxygens (including phenoxy) is 1. The average Bonchev–Trinajstić information content (AvgIpc) is 3.44. The first-order valence-electron chi connectivity index (χ1n) is 11.7. The maximum atomic E-state index is 13.2. The van der Waals surface area contributed by atoms with Crippen molar-refractivity contribution in [2.24, 2.45) is 5.16 Å². The van der Waals surface area contributed by atoms with Gasteiger partial charge in [0.05, 0.1) is 4.92 Å². The molecule has 3 N–H and O–H groups in total. The summed E-state index contributed by atoms with van der Waals surface area (Å²) in [6.07, 6.45) is 1.74. The molecule has 0 saturated carbocycles. The molecular formula is C24H20N6O10S2. The van der Waals surface area contributed by atoms with Crippen LogP contribution in [0.5, 0.6) is 0 Å². The number of amides is 3. The van der Waals surface area contributed by atoms with Crippen LogP contribution in [-0.4, -0.2) is 79.6 Å². The number of carbonyl (C=O) groups is 5. The number of esters is 1. The van der Waals surface area contributed by atoms with Crippen LogP contribution in [0.4, 0.5) is 10.8 Å². The highest BCUT2D eigenvalue weighted by atomic mass is 32.2. The number of carboxylic acids is 1. The third kappa shape index (κ3) is 6.44. The predicted octanol–water partition coefficient (Wildman–Crippen LogP) is 1.01. The number of anilines is 1. The average molecular weight is 617 g/mol. The molecule has 2 atom stereocenters. The third-order valence-electron chi connectivity index (χ3n) is 5.76. The molecule has 18 heteroatoms. The normalized spacial score (nSPS) is 17.9. The smallest absolute Gasteiger partial charge is 0.352 e. The fourth-order valence-electron chi connectivity index (χ4n) is 3.78. The van der Waals surface area contributed by atoms with E-state index in [0.29, 0.717) is 17.5 Å². The standard InChI is InChI=1S/C24H20N6O10S2/c1-2-13-9-41-22-18(21(34)29(22)19(13)23(35)36)27-20(33)17(15-10-42-24(26-15)25-11-31)28-40-8-16(32)39-7-12-3-5-14(6-4-12)30(37)38/h2-6,10-11,18,22H,1,7-9H2,(H,27,33)(H,35,36)(H,25,26,31)/b28-17+/t18?,22-/m1/s1. The number of fused-ring (bicyclic) bond motifs is 1. The van der Waals surface area contributed by atoms with Crippen molar-refractivity contribution in [3.8, 4) is 0 Å². The molecule has 0 radical (unpaired) electrons. The van der Waals surface area contributed by atoms with E-state index < -0.39 is 52.4 Å². The van der Waals surface area contributed by atoms with Gasteiger partial charge in [0.25, 0.3) is 17.5 Å². The van der Waals surface area contributed by atoms with E-state index in [-0.39, 0.29) is 34.6 Å². The van der Waals surface area contributed by atoms with Crippen molar-refractivity contribution in [1.29, 1.82) is 0 Å². The van der Waals surface area contributed by atoms with Gasteiger partial charge in [-0.25, -0.2) is 14.6 Å². The van der Waals surface area contributed by atoms with E-state index in [4.69, 9.17) is 9.57 Å². The Kier molecular flexibility index (Phi) is 9.28. The predicted molar refractivity (Wildman–Crippen MR) is 147 cm³/mol. The molecule has 0 spiro atoms. The van der Waals surface area contributed by atoms with Crippen LogP contribution in [0.1, 0.15) is 11.3 Å². The number of hydrogen-bond donors (Lipinski definition) is 3. The second-order valence-corrected chi connectivity index (χ2v) is 10.3. The van der Waals surface area contributed by atoms with Gasteiger partial charge in [0.2, 0.25) is 13.0 Å². The molecule has 1 aromatic heterocycles. The fraction of sp³-hybridized carbons (Fsp3) is 0.208. The number of thiazole rings is 1. The summed E-state index contributed by atoms with van der Waals surface area (Å²) in [5.74, 6) is -3.49. The molecule has 2 aliphatic rings. The Balaban J connectivity index is 1.43. The van der Waals surface area contributed by atoms with Crippen LogP contribution in [0.3, 0.4) is 0 Å². The van der Waals surface area contributed by atoms with E-state index in [0.717, 1.165) is 16.2 Å². The number of nitrogens with one attached hydrogen (secondary N) is 2. The van der Waals surface area contributed by atoms with Crippen molar-refractivity contribution in [3.05, 3.63) is 74.9 Å². The Labute approximate surface area is 244 Å². The zero-order chi connectivity index (χ0) is 30.4. The number of thioether (sulfide) groups is 1. The van der Waals surface area contributed by atoms with Gasteiger partial charge in [-0.2, -0.15) is 0 Å². The van der Waals surface area contributed by atoms with Crippen molar-refractivity contribution in [2.45, 2.75) is 18.0 Å². The Morgan fingerprint density at radius 2 is 2.05 bits per heavy atom. The van der Waals surface area contributed by atoms with Gasteiger partial charge in [-0.15, -0.1) is 23.1 Å². The maximum absolute atomic E-state index is 13.2. The monoisotopic (exact) mass is 616 g/mol. The number of benzene rings is 1. The molecule has 3 heterocycles. The van der Waals surface area contributed by atoms with Gasteiger partial charge in [0, 0.05) is 23.3 Å². The zero-order valence-corrected chi connectivity index (χ0v) is 22.9. The third-order valence-corrected chi connectivity index (χ3v) is 7.84. The SMILES string of the molecule is C=CC1=C(C(=O)O)N2C(=O)C(NC(=O)/C(=N/OCC(=O)OCc3ccc([N+](=O)[O-])cc3)c3csc(NC=O)n3)[C@H]2SC1. The summed E-state index contributed by atoms with van der Waals surface area (Å²) in [5.41, 5.74) is 0.0487. The second-order valence-electron chi connectivity index (χ2n) is 8.34. The van der Waals surface area contributed by atoms with Crippen molar-refractivity contribution < 1.29 is 43.6 Å². The van der Waals surface area contributed by atoms with Crippen molar-refractivity contribution in [3.63, 3.8) is 0 Å². The first kappa shape index (κ1) is 29.9. The number of aliphatic carboxylic acids is 1. The van der Waals surface area contributed by atoms with Crippen molar-refractivity contribution in [2.75, 3.05) is 17.7 Å². The molecule has 1 saturated heterocycles. The molecule has 2 aliphatic heterocycles. The lowest BCUT2D eigenvalue weighted by Crippen LogP contribution is -2.71. The molecule has 1 fully saturated rings. The number of oxime groups is 1. The minimum atomic E-state index is -1.30. The number of allylic oxidation sites excluding steroid dienone is 1. The number of rotatable bonds is 13. The summed E-state index contributed by atoms with van der Waals surface area (Å²) in [7, 11) is 0. The summed E-state index contributed by atoms with van der Waals surface area (Å²) >= 11 is 2.20. The molecule has 3 amide bonds. The lowest BCUT2D eigenvalue weighted by Gasteiger charge is -2.49. The number of nitrogens with zero attached hydrogens (tertiary/aromatic N) is 4. The quantitative estimate of drug-likeness (QED) is 0.0717. The molecule has 16 nitrogen and oxygen atoms in total. The first-order valence-corrected chi connectivity index (χ1v) is 13.7. The van der Waals surface area contributed by atoms with E-state index >= 15 is 0 Å². The molecule has 2 aromatic rings. The van der Waals surface area contributed by atoms with Crippen LogP contribution < -0.4 is 10.6 Å². The van der Waals surface area contributed by atoms with E-state index in [9.17, 15) is 39.2 Å². The molecule has 218 valence electrons. The molecule has 1 aromatic carbocycles. The molecule has 0 bridgehead atoms. The van der Waals surface area contributed by atoms with Gasteiger partial charge >= 0.3 is 11.9 Å². The molecule has 1 unspecified atom stereocenters. The van der Waals surface area contributed by atoms with Crippen LogP contribution in [0, 0.1) is 10.1 Å². The van der Waals surface area contributed by atoms with Crippen molar-refractivity contribution in [1.82, 2.24) is 15.2 Å². The van der Waals surface area contributed by atoms with Crippen LogP contribution >= 0.6 is 23.1 Å². The van der Waals surface area contributed by atoms with Crippen molar-refractivity contribution >= 4 is 69.8 Å². The number of β-lactam (4-membered cyclic amide) rings is 1. The second kappa shape index (κ2) is 13.0. The van der Waals surface area contributed by atoms with Gasteiger partial charge in [0.1, 0.15) is 29.4 Å². The highest BCUT2D eigenvalue weighted by Gasteiger charge is 2.54. The zero-order valence-electron chi connectivity index (χ0n) is 21.3. The summed E-state index contributed by atoms with van der Waals surface area (Å²) in [5, 5.41) is 29.7. The first-order chi connectivity index (χ1) is 20.1. The van der Waals surface area contributed by atoms with E-state index in [1.54, 1.807) is 0 Å².